The predicted octanol–water partition coefficient (Wildman–Crippen LogP) is 2.08. The molecule has 3 unspecified atom stereocenters. The highest BCUT2D eigenvalue weighted by atomic mass is 16.4. The standard InChI is InChI=1S/C20H26O5/c1-18-7-5-12(21)9-11(18)3-4-13-14-6-8-20(25,17(23)24)19(14,2)10-15(22)16(13)18/h5,7,9,13-16,22,25H,3-4,6,8,10H2,1-2H3,(H,23,24)/t13?,14?,15-,16?,18-,19-,20-/m0/s1. The van der Waals surface area contributed by atoms with Gasteiger partial charge in [-0.1, -0.05) is 25.5 Å². The van der Waals surface area contributed by atoms with Gasteiger partial charge in [0.1, 0.15) is 0 Å². The molecule has 0 aromatic heterocycles. The average Bonchev–Trinajstić information content (AvgIpc) is 2.80. The smallest absolute Gasteiger partial charge is 0.336 e. The Morgan fingerprint density at radius 1 is 1.28 bits per heavy atom. The number of rotatable bonds is 1. The molecule has 4 aliphatic rings. The topological polar surface area (TPSA) is 94.8 Å². The summed E-state index contributed by atoms with van der Waals surface area (Å²) in [5, 5.41) is 31.6. The predicted molar refractivity (Wildman–Crippen MR) is 90.6 cm³/mol. The zero-order chi connectivity index (χ0) is 18.2. The molecule has 0 amide bonds. The number of carboxylic acid groups (broad SMARTS) is 1. The summed E-state index contributed by atoms with van der Waals surface area (Å²) in [7, 11) is 0. The van der Waals surface area contributed by atoms with Gasteiger partial charge in [-0.15, -0.1) is 0 Å². The second-order valence-corrected chi connectivity index (χ2v) is 8.92. The average molecular weight is 346 g/mol. The number of allylic oxidation sites excluding steroid dienone is 4. The van der Waals surface area contributed by atoms with Gasteiger partial charge in [0.15, 0.2) is 11.4 Å². The van der Waals surface area contributed by atoms with Crippen molar-refractivity contribution < 1.29 is 24.9 Å². The van der Waals surface area contributed by atoms with Crippen LogP contribution in [0.1, 0.15) is 46.0 Å². The number of hydrogen-bond donors (Lipinski definition) is 3. The molecular formula is C20H26O5. The lowest BCUT2D eigenvalue weighted by Gasteiger charge is -2.59. The van der Waals surface area contributed by atoms with Crippen LogP contribution in [0.4, 0.5) is 0 Å². The van der Waals surface area contributed by atoms with Crippen molar-refractivity contribution in [3.05, 3.63) is 23.8 Å². The van der Waals surface area contributed by atoms with E-state index in [-0.39, 0.29) is 41.8 Å². The first-order valence-corrected chi connectivity index (χ1v) is 9.21. The van der Waals surface area contributed by atoms with Crippen LogP contribution in [0.25, 0.3) is 0 Å². The van der Waals surface area contributed by atoms with Gasteiger partial charge in [-0.05, 0) is 56.1 Å². The van der Waals surface area contributed by atoms with Crippen LogP contribution in [0, 0.1) is 28.6 Å². The molecule has 0 spiro atoms. The second kappa shape index (κ2) is 5.04. The summed E-state index contributed by atoms with van der Waals surface area (Å²) in [5.41, 5.74) is -1.86. The highest BCUT2D eigenvalue weighted by Gasteiger charge is 2.68. The minimum absolute atomic E-state index is 0.00202. The van der Waals surface area contributed by atoms with Crippen molar-refractivity contribution in [3.63, 3.8) is 0 Å². The maximum absolute atomic E-state index is 11.8. The number of carboxylic acids is 1. The van der Waals surface area contributed by atoms with Crippen molar-refractivity contribution >= 4 is 11.8 Å². The zero-order valence-electron chi connectivity index (χ0n) is 14.7. The lowest BCUT2D eigenvalue weighted by molar-refractivity contribution is -0.192. The van der Waals surface area contributed by atoms with Crippen LogP contribution in [0.15, 0.2) is 23.8 Å². The molecule has 136 valence electrons. The summed E-state index contributed by atoms with van der Waals surface area (Å²) in [6.07, 6.45) is 7.37. The highest BCUT2D eigenvalue weighted by molar-refractivity contribution is 6.01. The third-order valence-electron chi connectivity index (χ3n) is 8.00. The third kappa shape index (κ3) is 1.97. The number of hydrogen-bond acceptors (Lipinski definition) is 4. The lowest BCUT2D eigenvalue weighted by atomic mass is 9.46. The summed E-state index contributed by atoms with van der Waals surface area (Å²) in [6.45, 7) is 3.93. The first kappa shape index (κ1) is 17.0. The number of fused-ring (bicyclic) bond motifs is 5. The van der Waals surface area contributed by atoms with Crippen molar-refractivity contribution in [2.45, 2.75) is 57.7 Å². The van der Waals surface area contributed by atoms with Crippen LogP contribution < -0.4 is 0 Å². The molecule has 5 nitrogen and oxygen atoms in total. The Morgan fingerprint density at radius 2 is 2.00 bits per heavy atom. The van der Waals surface area contributed by atoms with Gasteiger partial charge < -0.3 is 15.3 Å². The van der Waals surface area contributed by atoms with Gasteiger partial charge in [-0.3, -0.25) is 4.79 Å². The first-order valence-electron chi connectivity index (χ1n) is 9.21. The second-order valence-electron chi connectivity index (χ2n) is 8.92. The van der Waals surface area contributed by atoms with E-state index in [1.165, 1.54) is 0 Å². The quantitative estimate of drug-likeness (QED) is 0.676. The SMILES string of the molecule is C[C@]12C=CC(=O)C=C1CCC1C2[C@@H](O)C[C@@]2(C)C1CC[C@]2(O)C(=O)O. The molecule has 5 heteroatoms. The number of aliphatic hydroxyl groups is 2. The molecule has 3 N–H and O–H groups in total. The van der Waals surface area contributed by atoms with E-state index in [9.17, 15) is 24.9 Å². The molecule has 4 aliphatic carbocycles. The number of carbonyl (C=O) groups is 2. The molecule has 0 aliphatic heterocycles. The van der Waals surface area contributed by atoms with Crippen molar-refractivity contribution in [2.24, 2.45) is 28.6 Å². The highest BCUT2D eigenvalue weighted by Crippen LogP contribution is 2.66. The van der Waals surface area contributed by atoms with Crippen LogP contribution in [-0.4, -0.2) is 38.8 Å². The van der Waals surface area contributed by atoms with Crippen LogP contribution in [0.5, 0.6) is 0 Å². The van der Waals surface area contributed by atoms with E-state index in [4.69, 9.17) is 0 Å². The molecule has 0 radical (unpaired) electrons. The lowest BCUT2D eigenvalue weighted by Crippen LogP contribution is -2.61. The number of aliphatic carboxylic acids is 1. The van der Waals surface area contributed by atoms with Crippen molar-refractivity contribution in [2.75, 3.05) is 0 Å². The Kier molecular flexibility index (Phi) is 3.42. The molecule has 0 bridgehead atoms. The van der Waals surface area contributed by atoms with E-state index < -0.39 is 23.1 Å². The van der Waals surface area contributed by atoms with Gasteiger partial charge in [-0.2, -0.15) is 0 Å². The number of ketones is 1. The van der Waals surface area contributed by atoms with E-state index in [2.05, 4.69) is 6.92 Å². The molecule has 0 saturated heterocycles. The molecule has 4 rings (SSSR count). The van der Waals surface area contributed by atoms with Crippen LogP contribution >= 0.6 is 0 Å². The summed E-state index contributed by atoms with van der Waals surface area (Å²) in [6, 6.07) is 0. The van der Waals surface area contributed by atoms with Gasteiger partial charge in [-0.25, -0.2) is 4.79 Å². The zero-order valence-corrected chi connectivity index (χ0v) is 14.7. The van der Waals surface area contributed by atoms with Gasteiger partial charge in [0.2, 0.25) is 0 Å². The Morgan fingerprint density at radius 3 is 2.68 bits per heavy atom. The van der Waals surface area contributed by atoms with Crippen molar-refractivity contribution in [1.82, 2.24) is 0 Å². The summed E-state index contributed by atoms with van der Waals surface area (Å²) in [4.78, 5) is 23.6. The van der Waals surface area contributed by atoms with E-state index in [0.29, 0.717) is 6.42 Å². The molecule has 7 atom stereocenters. The molecule has 0 aromatic carbocycles. The maximum Gasteiger partial charge on any atom is 0.336 e. The third-order valence-corrected chi connectivity index (χ3v) is 8.00. The fourth-order valence-corrected chi connectivity index (χ4v) is 6.68. The Labute approximate surface area is 147 Å². The van der Waals surface area contributed by atoms with Crippen molar-refractivity contribution in [3.8, 4) is 0 Å². The van der Waals surface area contributed by atoms with Crippen LogP contribution in [0.3, 0.4) is 0 Å². The molecule has 25 heavy (non-hydrogen) atoms. The van der Waals surface area contributed by atoms with E-state index in [1.807, 2.05) is 13.0 Å². The normalized spacial score (nSPS) is 51.4. The van der Waals surface area contributed by atoms with Gasteiger partial charge in [0.25, 0.3) is 0 Å². The minimum Gasteiger partial charge on any atom is -0.479 e. The van der Waals surface area contributed by atoms with Crippen LogP contribution in [-0.2, 0) is 9.59 Å². The summed E-state index contributed by atoms with van der Waals surface area (Å²) in [5.74, 6) is -0.976. The Hall–Kier alpha value is -1.46. The fourth-order valence-electron chi connectivity index (χ4n) is 6.68. The molecule has 0 aromatic rings. The maximum atomic E-state index is 11.8. The van der Waals surface area contributed by atoms with Gasteiger partial charge in [0, 0.05) is 16.7 Å². The van der Waals surface area contributed by atoms with Crippen LogP contribution in [0.2, 0.25) is 0 Å². The molecule has 0 heterocycles. The van der Waals surface area contributed by atoms with Gasteiger partial charge >= 0.3 is 5.97 Å². The minimum atomic E-state index is -1.76. The first-order chi connectivity index (χ1) is 11.6. The number of carbonyl (C=O) groups excluding carboxylic acids is 1. The Balaban J connectivity index is 1.76. The van der Waals surface area contributed by atoms with Crippen molar-refractivity contribution in [1.29, 1.82) is 0 Å². The monoisotopic (exact) mass is 346 g/mol. The molecular weight excluding hydrogens is 320 g/mol. The summed E-state index contributed by atoms with van der Waals surface area (Å²) >= 11 is 0. The van der Waals surface area contributed by atoms with E-state index in [1.54, 1.807) is 12.2 Å². The molecule has 3 fully saturated rings. The largest absolute Gasteiger partial charge is 0.479 e. The molecule has 3 saturated carbocycles. The summed E-state index contributed by atoms with van der Waals surface area (Å²) < 4.78 is 0. The van der Waals surface area contributed by atoms with E-state index in [0.717, 1.165) is 18.4 Å². The van der Waals surface area contributed by atoms with Gasteiger partial charge in [0.05, 0.1) is 6.10 Å². The fraction of sp³-hybridized carbons (Fsp3) is 0.700. The van der Waals surface area contributed by atoms with E-state index >= 15 is 0 Å². The number of aliphatic hydroxyl groups excluding tert-OH is 1. The Bertz CT molecular complexity index is 709.